The minimum absolute atomic E-state index is 0.314. The summed E-state index contributed by atoms with van der Waals surface area (Å²) in [4.78, 5) is 31.4. The second-order valence-corrected chi connectivity index (χ2v) is 8.11. The molecule has 1 amide bonds. The molecular weight excluding hydrogens is 455 g/mol. The molecule has 34 heavy (non-hydrogen) atoms. The van der Waals surface area contributed by atoms with Gasteiger partial charge in [0.1, 0.15) is 17.1 Å². The summed E-state index contributed by atoms with van der Waals surface area (Å²) < 4.78 is 24.2. The van der Waals surface area contributed by atoms with Crippen molar-refractivity contribution in [3.63, 3.8) is 0 Å². The monoisotopic (exact) mass is 476 g/mol. The molecule has 0 aliphatic rings. The third-order valence-electron chi connectivity index (χ3n) is 5.21. The number of para-hydroxylation sites is 1. The fourth-order valence-electron chi connectivity index (χ4n) is 3.46. The molecule has 0 radical (unpaired) electrons. The van der Waals surface area contributed by atoms with Gasteiger partial charge < -0.3 is 9.15 Å². The van der Waals surface area contributed by atoms with E-state index in [2.05, 4.69) is 4.99 Å². The van der Waals surface area contributed by atoms with E-state index in [1.54, 1.807) is 49.7 Å². The Balaban J connectivity index is 1.69. The maximum Gasteiger partial charge on any atom is 0.344 e. The van der Waals surface area contributed by atoms with Crippen LogP contribution in [0.1, 0.15) is 10.4 Å². The zero-order chi connectivity index (χ0) is 24.2. The second kappa shape index (κ2) is 9.93. The number of aliphatic imine (C=N–C) groups is 1. The molecule has 0 spiro atoms. The fourth-order valence-corrected chi connectivity index (χ4v) is 4.02. The number of amidine groups is 1. The van der Waals surface area contributed by atoms with E-state index in [0.29, 0.717) is 38.9 Å². The molecule has 172 valence electrons. The smallest absolute Gasteiger partial charge is 0.344 e. The number of methoxy groups -OCH3 is 1. The van der Waals surface area contributed by atoms with Crippen LogP contribution in [-0.2, 0) is 0 Å². The van der Waals surface area contributed by atoms with E-state index in [0.717, 1.165) is 5.39 Å². The maximum absolute atomic E-state index is 13.2. The van der Waals surface area contributed by atoms with Crippen molar-refractivity contribution in [2.24, 2.45) is 4.99 Å². The molecule has 6 nitrogen and oxygen atoms in total. The Kier molecular flexibility index (Phi) is 6.79. The molecule has 0 N–H and O–H groups in total. The largest absolute Gasteiger partial charge is 0.496 e. The van der Waals surface area contributed by atoms with Crippen LogP contribution >= 0.6 is 11.8 Å². The summed E-state index contributed by atoms with van der Waals surface area (Å²) in [6.07, 6.45) is 1.80. The first-order valence-electron chi connectivity index (χ1n) is 10.3. The number of carbonyl (C=O) groups is 1. The summed E-state index contributed by atoms with van der Waals surface area (Å²) in [6.45, 7) is 0. The molecular formula is C26H21FN2O4S. The molecule has 0 fully saturated rings. The first kappa shape index (κ1) is 23.3. The van der Waals surface area contributed by atoms with Crippen molar-refractivity contribution in [3.05, 3.63) is 94.6 Å². The number of amides is 1. The van der Waals surface area contributed by atoms with Crippen molar-refractivity contribution >= 4 is 39.5 Å². The van der Waals surface area contributed by atoms with Gasteiger partial charge in [-0.15, -0.1) is 0 Å². The summed E-state index contributed by atoms with van der Waals surface area (Å²) in [5.41, 5.74) is 1.87. The fraction of sp³-hybridized carbons (Fsp3) is 0.115. The van der Waals surface area contributed by atoms with Crippen molar-refractivity contribution in [2.75, 3.05) is 20.4 Å². The van der Waals surface area contributed by atoms with E-state index in [4.69, 9.17) is 9.15 Å². The lowest BCUT2D eigenvalue weighted by Gasteiger charge is -2.18. The molecule has 0 unspecified atom stereocenters. The van der Waals surface area contributed by atoms with Crippen molar-refractivity contribution in [1.29, 1.82) is 0 Å². The molecule has 3 aromatic carbocycles. The Labute approximate surface area is 199 Å². The van der Waals surface area contributed by atoms with Crippen LogP contribution in [0.15, 0.2) is 87.0 Å². The lowest BCUT2D eigenvalue weighted by atomic mass is 10.0. The predicted octanol–water partition coefficient (Wildman–Crippen LogP) is 5.73. The van der Waals surface area contributed by atoms with E-state index in [1.807, 2.05) is 12.1 Å². The number of nitrogens with zero attached hydrogens (tertiary/aromatic N) is 2. The number of fused-ring (bicyclic) bond motifs is 1. The first-order valence-corrected chi connectivity index (χ1v) is 11.5. The Bertz CT molecular complexity index is 1450. The molecule has 8 heteroatoms. The number of thioether (sulfide) groups is 1. The van der Waals surface area contributed by atoms with Crippen molar-refractivity contribution < 1.29 is 18.3 Å². The van der Waals surface area contributed by atoms with Gasteiger partial charge in [-0.3, -0.25) is 9.69 Å². The first-order chi connectivity index (χ1) is 16.4. The average molecular weight is 477 g/mol. The Morgan fingerprint density at radius 3 is 2.47 bits per heavy atom. The highest BCUT2D eigenvalue weighted by Crippen LogP contribution is 2.33. The molecule has 4 aromatic rings. The molecule has 1 aromatic heterocycles. The molecule has 0 aliphatic carbocycles. The predicted molar refractivity (Wildman–Crippen MR) is 134 cm³/mol. The maximum atomic E-state index is 13.2. The third kappa shape index (κ3) is 4.72. The van der Waals surface area contributed by atoms with Crippen molar-refractivity contribution in [3.8, 4) is 16.9 Å². The zero-order valence-corrected chi connectivity index (χ0v) is 19.6. The molecule has 0 atom stereocenters. The van der Waals surface area contributed by atoms with Crippen molar-refractivity contribution in [1.82, 2.24) is 4.90 Å². The quantitative estimate of drug-likeness (QED) is 0.214. The summed E-state index contributed by atoms with van der Waals surface area (Å²) in [7, 11) is 3.11. The highest BCUT2D eigenvalue weighted by Gasteiger charge is 2.18. The Morgan fingerprint density at radius 2 is 1.76 bits per heavy atom. The number of hydrogen-bond acceptors (Lipinski definition) is 6. The minimum atomic E-state index is -0.470. The zero-order valence-electron chi connectivity index (χ0n) is 18.7. The Morgan fingerprint density at radius 1 is 1.03 bits per heavy atom. The highest BCUT2D eigenvalue weighted by molar-refractivity contribution is 8.13. The highest BCUT2D eigenvalue weighted by atomic mass is 32.2. The third-order valence-corrected chi connectivity index (χ3v) is 5.94. The number of carbonyl (C=O) groups excluding carboxylic acids is 1. The van der Waals surface area contributed by atoms with E-state index in [-0.39, 0.29) is 5.91 Å². The lowest BCUT2D eigenvalue weighted by molar-refractivity contribution is 0.0873. The van der Waals surface area contributed by atoms with Gasteiger partial charge in [0.2, 0.25) is 0 Å². The normalized spacial score (nSPS) is 11.5. The van der Waals surface area contributed by atoms with Gasteiger partial charge in [-0.25, -0.2) is 14.2 Å². The second-order valence-electron chi connectivity index (χ2n) is 7.34. The van der Waals surface area contributed by atoms with Gasteiger partial charge in [0.25, 0.3) is 5.91 Å². The molecule has 4 rings (SSSR count). The topological polar surface area (TPSA) is 72.1 Å². The number of benzene rings is 3. The molecule has 0 saturated carbocycles. The summed E-state index contributed by atoms with van der Waals surface area (Å²) in [5, 5.41) is 1.24. The summed E-state index contributed by atoms with van der Waals surface area (Å²) >= 11 is 1.29. The van der Waals surface area contributed by atoms with Crippen LogP contribution in [0.3, 0.4) is 0 Å². The van der Waals surface area contributed by atoms with Crippen LogP contribution < -0.4 is 10.4 Å². The van der Waals surface area contributed by atoms with Gasteiger partial charge in [-0.1, -0.05) is 30.0 Å². The number of ether oxygens (including phenoxy) is 1. The molecule has 0 bridgehead atoms. The van der Waals surface area contributed by atoms with Crippen molar-refractivity contribution in [2.45, 2.75) is 0 Å². The van der Waals surface area contributed by atoms with Crippen LogP contribution in [0, 0.1) is 5.82 Å². The van der Waals surface area contributed by atoms with E-state index < -0.39 is 11.4 Å². The van der Waals surface area contributed by atoms with Gasteiger partial charge in [0.15, 0.2) is 5.17 Å². The lowest BCUT2D eigenvalue weighted by Crippen LogP contribution is -2.31. The number of hydrogen-bond donors (Lipinski definition) is 0. The average Bonchev–Trinajstić information content (AvgIpc) is 2.86. The van der Waals surface area contributed by atoms with Crippen LogP contribution in [0.25, 0.3) is 22.1 Å². The molecule has 0 saturated heterocycles. The number of halogens is 1. The molecule has 1 heterocycles. The van der Waals surface area contributed by atoms with E-state index in [9.17, 15) is 14.0 Å². The van der Waals surface area contributed by atoms with E-state index in [1.165, 1.54) is 48.0 Å². The summed E-state index contributed by atoms with van der Waals surface area (Å²) in [6, 6.07) is 19.5. The Hall–Kier alpha value is -3.91. The van der Waals surface area contributed by atoms with Gasteiger partial charge in [0.05, 0.1) is 18.4 Å². The van der Waals surface area contributed by atoms with Crippen LogP contribution in [0.5, 0.6) is 5.75 Å². The standard InChI is InChI=1S/C26H21FN2O4S/c1-29(24(30)16-8-10-18(27)11-9-16)26(34-3)28-19-12-13-20(23(15-19)32-2)21-14-17-6-4-5-7-22(17)33-25(21)31/h4-15H,1-3H3/b28-26-. The van der Waals surface area contributed by atoms with Crippen LogP contribution in [-0.4, -0.2) is 36.4 Å². The van der Waals surface area contributed by atoms with Gasteiger partial charge in [-0.2, -0.15) is 0 Å². The van der Waals surface area contributed by atoms with Gasteiger partial charge in [-0.05, 0) is 54.8 Å². The van der Waals surface area contributed by atoms with E-state index >= 15 is 0 Å². The van der Waals surface area contributed by atoms with Crippen LogP contribution in [0.4, 0.5) is 10.1 Å². The molecule has 0 aliphatic heterocycles. The summed E-state index contributed by atoms with van der Waals surface area (Å²) in [5.74, 6) is -0.284. The van der Waals surface area contributed by atoms with Gasteiger partial charge >= 0.3 is 5.63 Å². The SMILES string of the molecule is COc1cc(/N=C(\SC)N(C)C(=O)c2ccc(F)cc2)ccc1-c1cc2ccccc2oc1=O. The number of rotatable bonds is 4. The van der Waals surface area contributed by atoms with Gasteiger partial charge in [0, 0.05) is 29.6 Å². The van der Waals surface area contributed by atoms with Crippen LogP contribution in [0.2, 0.25) is 0 Å². The minimum Gasteiger partial charge on any atom is -0.496 e.